The number of nitrogens with one attached hydrogen (secondary N) is 1. The highest BCUT2D eigenvalue weighted by atomic mass is 15.3. The summed E-state index contributed by atoms with van der Waals surface area (Å²) in [7, 11) is 1.96. The van der Waals surface area contributed by atoms with Crippen LogP contribution in [-0.4, -0.2) is 45.8 Å². The summed E-state index contributed by atoms with van der Waals surface area (Å²) in [6, 6.07) is 2.27. The molecule has 112 valence electrons. The first-order valence-electron chi connectivity index (χ1n) is 7.87. The van der Waals surface area contributed by atoms with Crippen LogP contribution in [0.5, 0.6) is 0 Å². The first-order chi connectivity index (χ1) is 10.2. The molecule has 1 unspecified atom stereocenters. The van der Waals surface area contributed by atoms with Crippen LogP contribution < -0.4 is 5.32 Å². The highest BCUT2D eigenvalue weighted by Crippen LogP contribution is 2.36. The molecule has 5 nitrogen and oxygen atoms in total. The molecule has 21 heavy (non-hydrogen) atoms. The maximum absolute atomic E-state index is 4.59. The number of aryl methyl sites for hydroxylation is 2. The minimum atomic E-state index is 0.543. The molecule has 4 rings (SSSR count). The molecule has 0 amide bonds. The summed E-state index contributed by atoms with van der Waals surface area (Å²) < 4.78 is 1.86. The van der Waals surface area contributed by atoms with Crippen LogP contribution in [0.25, 0.3) is 11.0 Å². The SMILES string of the molecule is Cc1nn(C)c2ncc(CN3CCC4(CCNC4)C3)cc12. The van der Waals surface area contributed by atoms with E-state index in [0.29, 0.717) is 5.41 Å². The molecular formula is C16H23N5. The van der Waals surface area contributed by atoms with Gasteiger partial charge in [0.15, 0.2) is 5.65 Å². The first kappa shape index (κ1) is 13.2. The normalized spacial score (nSPS) is 26.4. The Morgan fingerprint density at radius 3 is 3.10 bits per heavy atom. The number of fused-ring (bicyclic) bond motifs is 1. The predicted octanol–water partition coefficient (Wildman–Crippen LogP) is 1.46. The van der Waals surface area contributed by atoms with Crippen LogP contribution in [0.2, 0.25) is 0 Å². The zero-order valence-corrected chi connectivity index (χ0v) is 12.9. The summed E-state index contributed by atoms with van der Waals surface area (Å²) in [5.74, 6) is 0. The Bertz CT molecular complexity index is 669. The molecule has 2 saturated heterocycles. The molecule has 0 aromatic carbocycles. The van der Waals surface area contributed by atoms with Crippen molar-refractivity contribution in [3.8, 4) is 0 Å². The van der Waals surface area contributed by atoms with Gasteiger partial charge in [0.25, 0.3) is 0 Å². The van der Waals surface area contributed by atoms with Gasteiger partial charge in [-0.15, -0.1) is 0 Å². The second-order valence-electron chi connectivity index (χ2n) is 6.81. The number of rotatable bonds is 2. The molecule has 1 N–H and O–H groups in total. The fourth-order valence-electron chi connectivity index (χ4n) is 4.00. The van der Waals surface area contributed by atoms with E-state index in [1.54, 1.807) is 0 Å². The summed E-state index contributed by atoms with van der Waals surface area (Å²) in [5, 5.41) is 9.16. The van der Waals surface area contributed by atoms with Crippen LogP contribution in [0.3, 0.4) is 0 Å². The van der Waals surface area contributed by atoms with Gasteiger partial charge >= 0.3 is 0 Å². The first-order valence-corrected chi connectivity index (χ1v) is 7.87. The smallest absolute Gasteiger partial charge is 0.157 e. The fourth-order valence-corrected chi connectivity index (χ4v) is 4.00. The molecule has 1 atom stereocenters. The Morgan fingerprint density at radius 1 is 1.38 bits per heavy atom. The number of likely N-dealkylation sites (tertiary alicyclic amines) is 1. The van der Waals surface area contributed by atoms with Crippen LogP contribution in [-0.2, 0) is 13.6 Å². The third-order valence-corrected chi connectivity index (χ3v) is 5.18. The molecule has 2 aromatic heterocycles. The monoisotopic (exact) mass is 285 g/mol. The van der Waals surface area contributed by atoms with Gasteiger partial charge in [-0.25, -0.2) is 4.98 Å². The summed E-state index contributed by atoms with van der Waals surface area (Å²) in [6.45, 7) is 7.90. The van der Waals surface area contributed by atoms with Gasteiger partial charge in [0, 0.05) is 38.3 Å². The van der Waals surface area contributed by atoms with E-state index >= 15 is 0 Å². The lowest BCUT2D eigenvalue weighted by molar-refractivity contribution is 0.268. The van der Waals surface area contributed by atoms with Crippen molar-refractivity contribution in [2.75, 3.05) is 26.2 Å². The van der Waals surface area contributed by atoms with E-state index in [9.17, 15) is 0 Å². The van der Waals surface area contributed by atoms with Gasteiger partial charge < -0.3 is 5.32 Å². The Morgan fingerprint density at radius 2 is 2.29 bits per heavy atom. The highest BCUT2D eigenvalue weighted by molar-refractivity contribution is 5.78. The molecule has 0 bridgehead atoms. The third-order valence-electron chi connectivity index (χ3n) is 5.18. The molecule has 2 aliphatic rings. The molecule has 0 radical (unpaired) electrons. The van der Waals surface area contributed by atoms with Crippen molar-refractivity contribution >= 4 is 11.0 Å². The molecule has 2 aromatic rings. The van der Waals surface area contributed by atoms with Gasteiger partial charge in [0.2, 0.25) is 0 Å². The number of hydrogen-bond donors (Lipinski definition) is 1. The number of aromatic nitrogens is 3. The maximum Gasteiger partial charge on any atom is 0.157 e. The molecule has 1 spiro atoms. The summed E-state index contributed by atoms with van der Waals surface area (Å²) in [4.78, 5) is 7.18. The van der Waals surface area contributed by atoms with Crippen molar-refractivity contribution in [1.29, 1.82) is 0 Å². The van der Waals surface area contributed by atoms with Crippen molar-refractivity contribution in [1.82, 2.24) is 25.0 Å². The second kappa shape index (κ2) is 4.78. The van der Waals surface area contributed by atoms with Crippen LogP contribution in [0, 0.1) is 12.3 Å². The molecule has 4 heterocycles. The summed E-state index contributed by atoms with van der Waals surface area (Å²) >= 11 is 0. The molecular weight excluding hydrogens is 262 g/mol. The van der Waals surface area contributed by atoms with Crippen molar-refractivity contribution in [3.63, 3.8) is 0 Å². The van der Waals surface area contributed by atoms with Gasteiger partial charge in [-0.05, 0) is 49.9 Å². The van der Waals surface area contributed by atoms with Gasteiger partial charge in [-0.2, -0.15) is 5.10 Å². The zero-order valence-electron chi connectivity index (χ0n) is 12.9. The standard InChI is InChI=1S/C16H23N5/c1-12-14-7-13(8-18-15(14)20(2)19-12)9-21-6-4-16(11-21)3-5-17-10-16/h7-8,17H,3-6,9-11H2,1-2H3. The molecule has 2 fully saturated rings. The van der Waals surface area contributed by atoms with E-state index in [4.69, 9.17) is 0 Å². The molecule has 0 saturated carbocycles. The Labute approximate surface area is 125 Å². The van der Waals surface area contributed by atoms with Gasteiger partial charge in [-0.3, -0.25) is 9.58 Å². The largest absolute Gasteiger partial charge is 0.316 e. The van der Waals surface area contributed by atoms with Crippen LogP contribution >= 0.6 is 0 Å². The molecule has 5 heteroatoms. The van der Waals surface area contributed by atoms with Crippen molar-refractivity contribution in [3.05, 3.63) is 23.5 Å². The van der Waals surface area contributed by atoms with Gasteiger partial charge in [0.05, 0.1) is 5.69 Å². The molecule has 0 aliphatic carbocycles. The average molecular weight is 285 g/mol. The van der Waals surface area contributed by atoms with Crippen LogP contribution in [0.4, 0.5) is 0 Å². The second-order valence-corrected chi connectivity index (χ2v) is 6.81. The Kier molecular flexibility index (Phi) is 3.01. The van der Waals surface area contributed by atoms with E-state index < -0.39 is 0 Å². The number of hydrogen-bond acceptors (Lipinski definition) is 4. The number of nitrogens with zero attached hydrogens (tertiary/aromatic N) is 4. The third kappa shape index (κ3) is 2.24. The van der Waals surface area contributed by atoms with E-state index in [0.717, 1.165) is 17.9 Å². The van der Waals surface area contributed by atoms with Gasteiger partial charge in [-0.1, -0.05) is 0 Å². The highest BCUT2D eigenvalue weighted by Gasteiger charge is 2.40. The van der Waals surface area contributed by atoms with E-state index in [1.165, 1.54) is 50.0 Å². The Hall–Kier alpha value is -1.46. The minimum absolute atomic E-state index is 0.543. The lowest BCUT2D eigenvalue weighted by atomic mass is 9.87. The average Bonchev–Trinajstić information content (AvgIpc) is 3.15. The topological polar surface area (TPSA) is 46.0 Å². The lowest BCUT2D eigenvalue weighted by Gasteiger charge is -2.22. The van der Waals surface area contributed by atoms with E-state index in [1.807, 2.05) is 17.9 Å². The maximum atomic E-state index is 4.59. The van der Waals surface area contributed by atoms with Gasteiger partial charge in [0.1, 0.15) is 0 Å². The Balaban J connectivity index is 1.53. The zero-order chi connectivity index (χ0) is 14.4. The summed E-state index contributed by atoms with van der Waals surface area (Å²) in [6.07, 6.45) is 4.69. The van der Waals surface area contributed by atoms with Crippen LogP contribution in [0.15, 0.2) is 12.3 Å². The van der Waals surface area contributed by atoms with Crippen LogP contribution in [0.1, 0.15) is 24.1 Å². The molecule has 2 aliphatic heterocycles. The summed E-state index contributed by atoms with van der Waals surface area (Å²) in [5.41, 5.74) is 3.90. The van der Waals surface area contributed by atoms with Crippen molar-refractivity contribution in [2.45, 2.75) is 26.3 Å². The number of pyridine rings is 1. The van der Waals surface area contributed by atoms with Crippen molar-refractivity contribution in [2.24, 2.45) is 12.5 Å². The fraction of sp³-hybridized carbons (Fsp3) is 0.625. The van der Waals surface area contributed by atoms with Crippen molar-refractivity contribution < 1.29 is 0 Å². The lowest BCUT2D eigenvalue weighted by Crippen LogP contribution is -2.28. The quantitative estimate of drug-likeness (QED) is 0.907. The minimum Gasteiger partial charge on any atom is -0.316 e. The van der Waals surface area contributed by atoms with E-state index in [-0.39, 0.29) is 0 Å². The van der Waals surface area contributed by atoms with E-state index in [2.05, 4.69) is 33.3 Å². The predicted molar refractivity (Wildman–Crippen MR) is 83.1 cm³/mol.